The van der Waals surface area contributed by atoms with Crippen LogP contribution < -0.4 is 5.32 Å². The molecule has 1 aromatic carbocycles. The number of benzene rings is 1. The number of nitrogens with one attached hydrogen (secondary N) is 1. The predicted octanol–water partition coefficient (Wildman–Crippen LogP) is 4.13. The van der Waals surface area contributed by atoms with E-state index < -0.39 is 0 Å². The van der Waals surface area contributed by atoms with Crippen LogP contribution in [0, 0.1) is 5.41 Å². The number of anilines is 1. The fraction of sp³-hybridized carbons (Fsp3) is 0.538. The van der Waals surface area contributed by atoms with Gasteiger partial charge in [-0.2, -0.15) is 0 Å². The number of rotatable bonds is 3. The van der Waals surface area contributed by atoms with Crippen LogP contribution in [0.1, 0.15) is 34.1 Å². The average molecular weight is 223 g/mol. The first kappa shape index (κ1) is 12.5. The minimum atomic E-state index is 0.0552. The van der Waals surface area contributed by atoms with E-state index >= 15 is 0 Å². The molecule has 0 radical (unpaired) electrons. The second kappa shape index (κ2) is 4.53. The summed E-state index contributed by atoms with van der Waals surface area (Å²) in [5, 5.41) is 3.59. The third kappa shape index (κ3) is 5.18. The highest BCUT2D eigenvalue weighted by atomic mass is 31.0. The monoisotopic (exact) mass is 223 g/mol. The molecule has 0 saturated heterocycles. The van der Waals surface area contributed by atoms with Crippen molar-refractivity contribution >= 4 is 14.9 Å². The van der Waals surface area contributed by atoms with Gasteiger partial charge in [-0.25, -0.2) is 0 Å². The molecule has 1 rings (SSSR count). The highest BCUT2D eigenvalue weighted by Gasteiger charge is 2.25. The van der Waals surface area contributed by atoms with E-state index in [1.165, 1.54) is 5.69 Å². The predicted molar refractivity (Wildman–Crippen MR) is 72.3 cm³/mol. The van der Waals surface area contributed by atoms with Gasteiger partial charge in [0.15, 0.2) is 0 Å². The van der Waals surface area contributed by atoms with Gasteiger partial charge in [0.2, 0.25) is 0 Å². The van der Waals surface area contributed by atoms with E-state index in [4.69, 9.17) is 0 Å². The van der Waals surface area contributed by atoms with E-state index in [0.29, 0.717) is 5.41 Å². The first-order valence-electron chi connectivity index (χ1n) is 5.41. The molecule has 0 aromatic heterocycles. The molecule has 0 aliphatic rings. The van der Waals surface area contributed by atoms with Crippen molar-refractivity contribution < 1.29 is 0 Å². The quantitative estimate of drug-likeness (QED) is 0.760. The zero-order valence-electron chi connectivity index (χ0n) is 10.2. The summed E-state index contributed by atoms with van der Waals surface area (Å²) in [5.74, 6) is 0. The molecule has 84 valence electrons. The Morgan fingerprint density at radius 1 is 1.07 bits per heavy atom. The highest BCUT2D eigenvalue weighted by Crippen LogP contribution is 2.34. The largest absolute Gasteiger partial charge is 0.377 e. The van der Waals surface area contributed by atoms with E-state index in [-0.39, 0.29) is 5.28 Å². The summed E-state index contributed by atoms with van der Waals surface area (Å²) < 4.78 is 0. The number of hydrogen-bond donors (Lipinski definition) is 1. The Balaban J connectivity index is 2.65. The Kier molecular flexibility index (Phi) is 3.78. The maximum Gasteiger partial charge on any atom is 0.0488 e. The van der Waals surface area contributed by atoms with Crippen molar-refractivity contribution in [3.63, 3.8) is 0 Å². The second-order valence-electron chi connectivity index (χ2n) is 5.65. The third-order valence-corrected chi connectivity index (χ3v) is 2.45. The lowest BCUT2D eigenvalue weighted by Crippen LogP contribution is -2.32. The molecule has 0 amide bonds. The molecule has 0 spiro atoms. The second-order valence-corrected chi connectivity index (χ2v) is 6.92. The Morgan fingerprint density at radius 3 is 2.07 bits per heavy atom. The fourth-order valence-corrected chi connectivity index (χ4v) is 2.78. The minimum absolute atomic E-state index is 0.0552. The SMILES string of the molecule is CC(C)(C)CC(C)(P)Nc1ccccc1. The van der Waals surface area contributed by atoms with Gasteiger partial charge in [-0.15, -0.1) is 9.24 Å². The van der Waals surface area contributed by atoms with Crippen molar-refractivity contribution in [2.45, 2.75) is 39.4 Å². The lowest BCUT2D eigenvalue weighted by atomic mass is 9.88. The van der Waals surface area contributed by atoms with Gasteiger partial charge in [-0.05, 0) is 30.9 Å². The van der Waals surface area contributed by atoms with E-state index in [0.717, 1.165) is 6.42 Å². The van der Waals surface area contributed by atoms with Crippen LogP contribution in [0.15, 0.2) is 30.3 Å². The van der Waals surface area contributed by atoms with E-state index in [1.54, 1.807) is 0 Å². The van der Waals surface area contributed by atoms with Gasteiger partial charge in [0.1, 0.15) is 0 Å². The number of hydrogen-bond acceptors (Lipinski definition) is 1. The molecule has 0 saturated carbocycles. The zero-order valence-corrected chi connectivity index (χ0v) is 11.3. The molecule has 2 heteroatoms. The molecule has 0 heterocycles. The molecule has 0 fully saturated rings. The van der Waals surface area contributed by atoms with Gasteiger partial charge < -0.3 is 5.32 Å². The molecule has 1 nitrogen and oxygen atoms in total. The van der Waals surface area contributed by atoms with Crippen molar-refractivity contribution in [2.75, 3.05) is 5.32 Å². The first-order chi connectivity index (χ1) is 6.79. The Bertz CT molecular complexity index is 298. The molecule has 2 unspecified atom stereocenters. The maximum atomic E-state index is 3.54. The lowest BCUT2D eigenvalue weighted by molar-refractivity contribution is 0.343. The third-order valence-electron chi connectivity index (χ3n) is 2.10. The fourth-order valence-electron chi connectivity index (χ4n) is 2.00. The summed E-state index contributed by atoms with van der Waals surface area (Å²) in [6.45, 7) is 9.02. The van der Waals surface area contributed by atoms with Crippen LogP contribution in [0.2, 0.25) is 0 Å². The average Bonchev–Trinajstić information content (AvgIpc) is 1.99. The molecule has 2 atom stereocenters. The summed E-state index contributed by atoms with van der Waals surface area (Å²) in [5.41, 5.74) is 1.51. The lowest BCUT2D eigenvalue weighted by Gasteiger charge is -2.34. The molecular weight excluding hydrogens is 201 g/mol. The van der Waals surface area contributed by atoms with Crippen molar-refractivity contribution in [1.29, 1.82) is 0 Å². The molecule has 0 aliphatic heterocycles. The Hall–Kier alpha value is -0.550. The first-order valence-corrected chi connectivity index (χ1v) is 5.98. The van der Waals surface area contributed by atoms with Gasteiger partial charge in [-0.1, -0.05) is 39.0 Å². The Morgan fingerprint density at radius 2 is 1.60 bits per heavy atom. The molecule has 0 aliphatic carbocycles. The summed E-state index contributed by atoms with van der Waals surface area (Å²) in [4.78, 5) is 0. The van der Waals surface area contributed by atoms with Gasteiger partial charge in [-0.3, -0.25) is 0 Å². The van der Waals surface area contributed by atoms with Crippen LogP contribution in [0.4, 0.5) is 5.69 Å². The number of para-hydroxylation sites is 1. The van der Waals surface area contributed by atoms with Crippen LogP contribution in [-0.2, 0) is 0 Å². The van der Waals surface area contributed by atoms with Crippen LogP contribution >= 0.6 is 9.24 Å². The van der Waals surface area contributed by atoms with Crippen LogP contribution in [0.5, 0.6) is 0 Å². The van der Waals surface area contributed by atoms with Gasteiger partial charge in [0.05, 0.1) is 0 Å². The minimum Gasteiger partial charge on any atom is -0.377 e. The molecular formula is C13H22NP. The van der Waals surface area contributed by atoms with Crippen LogP contribution in [-0.4, -0.2) is 5.28 Å². The van der Waals surface area contributed by atoms with Crippen molar-refractivity contribution in [1.82, 2.24) is 0 Å². The molecule has 15 heavy (non-hydrogen) atoms. The zero-order chi connectivity index (χ0) is 11.5. The standard InChI is InChI=1S/C13H22NP/c1-12(2,3)10-13(4,15)14-11-8-6-5-7-9-11/h5-9,14H,10,15H2,1-4H3. The Labute approximate surface area is 95.9 Å². The van der Waals surface area contributed by atoms with Gasteiger partial charge in [0.25, 0.3) is 0 Å². The normalized spacial score (nSPS) is 15.8. The van der Waals surface area contributed by atoms with E-state index in [2.05, 4.69) is 66.5 Å². The molecule has 1 aromatic rings. The summed E-state index contributed by atoms with van der Waals surface area (Å²) in [6, 6.07) is 10.4. The molecule has 0 bridgehead atoms. The van der Waals surface area contributed by atoms with Crippen LogP contribution in [0.3, 0.4) is 0 Å². The van der Waals surface area contributed by atoms with E-state index in [1.807, 2.05) is 6.07 Å². The van der Waals surface area contributed by atoms with Gasteiger partial charge >= 0.3 is 0 Å². The van der Waals surface area contributed by atoms with Crippen LogP contribution in [0.25, 0.3) is 0 Å². The van der Waals surface area contributed by atoms with Crippen molar-refractivity contribution in [2.24, 2.45) is 5.41 Å². The smallest absolute Gasteiger partial charge is 0.0488 e. The van der Waals surface area contributed by atoms with Crippen molar-refractivity contribution in [3.05, 3.63) is 30.3 Å². The highest BCUT2D eigenvalue weighted by molar-refractivity contribution is 7.19. The summed E-state index contributed by atoms with van der Waals surface area (Å²) in [7, 11) is 2.92. The van der Waals surface area contributed by atoms with Crippen molar-refractivity contribution in [3.8, 4) is 0 Å². The van der Waals surface area contributed by atoms with E-state index in [9.17, 15) is 0 Å². The topological polar surface area (TPSA) is 12.0 Å². The molecule has 1 N–H and O–H groups in total. The summed E-state index contributed by atoms with van der Waals surface area (Å²) >= 11 is 0. The summed E-state index contributed by atoms with van der Waals surface area (Å²) in [6.07, 6.45) is 1.11. The van der Waals surface area contributed by atoms with Gasteiger partial charge in [0, 0.05) is 11.0 Å². The maximum absolute atomic E-state index is 3.54.